The summed E-state index contributed by atoms with van der Waals surface area (Å²) in [4.78, 5) is 5.45. The summed E-state index contributed by atoms with van der Waals surface area (Å²) in [5.41, 5.74) is 15.6. The molecule has 13 rings (SSSR count). The molecular weight excluding hydrogens is 705 g/mol. The first-order valence-corrected chi connectivity index (χ1v) is 20.3. The molecular formula is C54H36N4. The molecule has 58 heavy (non-hydrogen) atoms. The van der Waals surface area contributed by atoms with Gasteiger partial charge in [0.05, 0.1) is 38.8 Å². The lowest BCUT2D eigenvalue weighted by molar-refractivity contribution is 0.719. The molecule has 4 nitrogen and oxygen atoms in total. The number of benzene rings is 7. The number of fused-ring (bicyclic) bond motifs is 12. The molecule has 0 spiro atoms. The first-order valence-electron chi connectivity index (χ1n) is 20.3. The van der Waals surface area contributed by atoms with Gasteiger partial charge in [0.1, 0.15) is 5.82 Å². The molecule has 272 valence electrons. The predicted molar refractivity (Wildman–Crippen MR) is 243 cm³/mol. The van der Waals surface area contributed by atoms with Crippen LogP contribution in [0.1, 0.15) is 30.5 Å². The zero-order valence-electron chi connectivity index (χ0n) is 31.9. The maximum Gasteiger partial charge on any atom is 0.138 e. The van der Waals surface area contributed by atoms with Crippen molar-refractivity contribution in [3.63, 3.8) is 0 Å². The van der Waals surface area contributed by atoms with Crippen LogP contribution < -0.4 is 0 Å². The molecule has 1 atom stereocenters. The summed E-state index contributed by atoms with van der Waals surface area (Å²) < 4.78 is 7.27. The number of pyridine rings is 1. The third-order valence-corrected chi connectivity index (χ3v) is 12.8. The summed E-state index contributed by atoms with van der Waals surface area (Å²) in [5.74, 6) is 1.30. The van der Waals surface area contributed by atoms with Crippen molar-refractivity contribution in [2.75, 3.05) is 0 Å². The molecule has 0 amide bonds. The van der Waals surface area contributed by atoms with Crippen molar-refractivity contribution in [1.82, 2.24) is 18.5 Å². The van der Waals surface area contributed by atoms with Gasteiger partial charge in [0, 0.05) is 66.1 Å². The van der Waals surface area contributed by atoms with E-state index in [0.29, 0.717) is 5.92 Å². The second-order valence-corrected chi connectivity index (χ2v) is 16.0. The van der Waals surface area contributed by atoms with Crippen LogP contribution in [0, 0.1) is 0 Å². The molecule has 0 N–H and O–H groups in total. The summed E-state index contributed by atoms with van der Waals surface area (Å²) in [5, 5.41) is 8.96. The highest BCUT2D eigenvalue weighted by molar-refractivity contribution is 6.23. The molecule has 1 aliphatic carbocycles. The van der Waals surface area contributed by atoms with Crippen molar-refractivity contribution >= 4 is 76.9 Å². The summed E-state index contributed by atoms with van der Waals surface area (Å²) in [6, 6.07) is 62.2. The number of hydrogen-bond acceptors (Lipinski definition) is 1. The zero-order valence-corrected chi connectivity index (χ0v) is 31.9. The molecule has 1 unspecified atom stereocenters. The van der Waals surface area contributed by atoms with Crippen molar-refractivity contribution in [1.29, 1.82) is 0 Å². The fourth-order valence-electron chi connectivity index (χ4n) is 10.2. The van der Waals surface area contributed by atoms with Crippen molar-refractivity contribution in [3.05, 3.63) is 187 Å². The second-order valence-electron chi connectivity index (χ2n) is 16.0. The highest BCUT2D eigenvalue weighted by Gasteiger charge is 2.25. The second kappa shape index (κ2) is 11.8. The van der Waals surface area contributed by atoms with Crippen LogP contribution in [0.4, 0.5) is 0 Å². The van der Waals surface area contributed by atoms with Gasteiger partial charge in [-0.2, -0.15) is 0 Å². The first-order chi connectivity index (χ1) is 28.7. The van der Waals surface area contributed by atoms with Crippen LogP contribution in [0.25, 0.3) is 111 Å². The van der Waals surface area contributed by atoms with Gasteiger partial charge in [-0.25, -0.2) is 4.98 Å². The maximum atomic E-state index is 5.45. The molecule has 0 radical (unpaired) electrons. The summed E-state index contributed by atoms with van der Waals surface area (Å²) in [6.45, 7) is 2.35. The van der Waals surface area contributed by atoms with Crippen LogP contribution in [0.15, 0.2) is 176 Å². The van der Waals surface area contributed by atoms with Gasteiger partial charge in [0.2, 0.25) is 0 Å². The molecule has 0 aliphatic heterocycles. The average molecular weight is 741 g/mol. The van der Waals surface area contributed by atoms with E-state index in [1.807, 2.05) is 0 Å². The van der Waals surface area contributed by atoms with Gasteiger partial charge in [-0.05, 0) is 78.2 Å². The van der Waals surface area contributed by atoms with E-state index in [0.717, 1.165) is 29.2 Å². The summed E-state index contributed by atoms with van der Waals surface area (Å²) >= 11 is 0. The van der Waals surface area contributed by atoms with E-state index in [2.05, 4.69) is 202 Å². The van der Waals surface area contributed by atoms with E-state index in [4.69, 9.17) is 4.98 Å². The number of hydrogen-bond donors (Lipinski definition) is 0. The molecule has 0 saturated heterocycles. The molecule has 5 aromatic heterocycles. The van der Waals surface area contributed by atoms with E-state index in [-0.39, 0.29) is 0 Å². The van der Waals surface area contributed by atoms with Crippen molar-refractivity contribution in [2.45, 2.75) is 19.3 Å². The third-order valence-electron chi connectivity index (χ3n) is 12.8. The predicted octanol–water partition coefficient (Wildman–Crippen LogP) is 14.1. The van der Waals surface area contributed by atoms with E-state index in [9.17, 15) is 0 Å². The minimum atomic E-state index is 0.350. The van der Waals surface area contributed by atoms with Crippen LogP contribution in [-0.4, -0.2) is 18.5 Å². The largest absolute Gasteiger partial charge is 0.309 e. The monoisotopic (exact) mass is 740 g/mol. The maximum absolute atomic E-state index is 5.45. The topological polar surface area (TPSA) is 27.2 Å². The Morgan fingerprint density at radius 2 is 1.09 bits per heavy atom. The van der Waals surface area contributed by atoms with E-state index in [1.165, 1.54) is 93.2 Å². The standard InChI is InChI=1S/C54H36N4/c1-33-12-8-18-44-45-31-35(34-13-9-14-37(30-34)56-47-22-5-2-15-38(47)39-16-3-6-23-48(39)56)27-29-50(45)58(53(33)44)52-25-11-21-46(55-52)36-26-28-41-43-20-10-19-42-40-17-4-7-24-49(40)57(54(42)43)51(41)32-36/h2-11,13-33H,12H2,1H3. The number of rotatable bonds is 4. The Morgan fingerprint density at radius 3 is 1.88 bits per heavy atom. The van der Waals surface area contributed by atoms with Gasteiger partial charge in [0.15, 0.2) is 0 Å². The van der Waals surface area contributed by atoms with Gasteiger partial charge in [0.25, 0.3) is 0 Å². The number of para-hydroxylation sites is 4. The van der Waals surface area contributed by atoms with Gasteiger partial charge in [-0.1, -0.05) is 128 Å². The average Bonchev–Trinajstić information content (AvgIpc) is 4.01. The normalized spacial score (nSPS) is 14.3. The smallest absolute Gasteiger partial charge is 0.138 e. The van der Waals surface area contributed by atoms with E-state index in [1.54, 1.807) is 0 Å². The zero-order chi connectivity index (χ0) is 38.1. The van der Waals surface area contributed by atoms with Crippen molar-refractivity contribution in [2.24, 2.45) is 0 Å². The van der Waals surface area contributed by atoms with Crippen LogP contribution >= 0.6 is 0 Å². The van der Waals surface area contributed by atoms with Crippen LogP contribution in [-0.2, 0) is 0 Å². The number of nitrogens with zero attached hydrogens (tertiary/aromatic N) is 4. The van der Waals surface area contributed by atoms with Crippen LogP contribution in [0.5, 0.6) is 0 Å². The first kappa shape index (κ1) is 31.7. The van der Waals surface area contributed by atoms with Crippen LogP contribution in [0.3, 0.4) is 0 Å². The van der Waals surface area contributed by atoms with E-state index < -0.39 is 0 Å². The Bertz CT molecular complexity index is 3630. The lowest BCUT2D eigenvalue weighted by atomic mass is 9.92. The van der Waals surface area contributed by atoms with Gasteiger partial charge in [-0.3, -0.25) is 4.57 Å². The van der Waals surface area contributed by atoms with Gasteiger partial charge < -0.3 is 8.97 Å². The fraction of sp³-hybridized carbons (Fsp3) is 0.0556. The van der Waals surface area contributed by atoms with E-state index >= 15 is 0 Å². The Hall–Kier alpha value is -7.43. The molecule has 0 fully saturated rings. The minimum Gasteiger partial charge on any atom is -0.309 e. The van der Waals surface area contributed by atoms with Crippen LogP contribution in [0.2, 0.25) is 0 Å². The molecule has 0 bridgehead atoms. The lowest BCUT2D eigenvalue weighted by Crippen LogP contribution is -2.08. The number of allylic oxidation sites excluding steroid dienone is 1. The summed E-state index contributed by atoms with van der Waals surface area (Å²) in [6.07, 6.45) is 5.67. The molecule has 1 aliphatic rings. The molecule has 4 heteroatoms. The highest BCUT2D eigenvalue weighted by atomic mass is 15.1. The minimum absolute atomic E-state index is 0.350. The Kier molecular flexibility index (Phi) is 6.45. The fourth-order valence-corrected chi connectivity index (χ4v) is 10.2. The Labute approximate surface area is 334 Å². The molecule has 7 aromatic carbocycles. The quantitative estimate of drug-likeness (QED) is 0.176. The van der Waals surface area contributed by atoms with Crippen molar-refractivity contribution < 1.29 is 0 Å². The van der Waals surface area contributed by atoms with Gasteiger partial charge >= 0.3 is 0 Å². The summed E-state index contributed by atoms with van der Waals surface area (Å²) in [7, 11) is 0. The van der Waals surface area contributed by atoms with Gasteiger partial charge in [-0.15, -0.1) is 0 Å². The lowest BCUT2D eigenvalue weighted by Gasteiger charge is -2.19. The van der Waals surface area contributed by atoms with Crippen molar-refractivity contribution in [3.8, 4) is 33.9 Å². The number of aromatic nitrogens is 4. The third kappa shape index (κ3) is 4.32. The SMILES string of the molecule is CC1CC=Cc2c1n(-c1cccc(-c3ccc4c5cccc6c7ccccc7n(c4c3)c65)n1)c1ccc(-c3cccc(-n4c5ccccc5c5ccccc54)c3)cc21. The molecule has 5 heterocycles. The Morgan fingerprint density at radius 1 is 0.466 bits per heavy atom. The molecule has 0 saturated carbocycles. The Balaban J connectivity index is 0.954. The highest BCUT2D eigenvalue weighted by Crippen LogP contribution is 2.43. The molecule has 12 aromatic rings.